The van der Waals surface area contributed by atoms with Gasteiger partial charge in [0.15, 0.2) is 5.82 Å². The van der Waals surface area contributed by atoms with Crippen LogP contribution in [0, 0.1) is 23.1 Å². The first-order chi connectivity index (χ1) is 18.1. The average Bonchev–Trinajstić information content (AvgIpc) is 3.33. The van der Waals surface area contributed by atoms with Crippen LogP contribution in [0.25, 0.3) is 17.2 Å². The lowest BCUT2D eigenvalue weighted by molar-refractivity contribution is -0.131. The minimum absolute atomic E-state index is 0.101. The fraction of sp³-hybridized carbons (Fsp3) is 0.500. The van der Waals surface area contributed by atoms with Crippen molar-refractivity contribution in [1.82, 2.24) is 29.2 Å². The summed E-state index contributed by atoms with van der Waals surface area (Å²) < 4.78 is 27.1. The van der Waals surface area contributed by atoms with E-state index in [1.54, 1.807) is 21.6 Å². The Labute approximate surface area is 214 Å². The van der Waals surface area contributed by atoms with Gasteiger partial charge in [0.1, 0.15) is 30.2 Å². The van der Waals surface area contributed by atoms with E-state index in [0.29, 0.717) is 49.2 Å². The van der Waals surface area contributed by atoms with E-state index in [1.807, 2.05) is 12.1 Å². The van der Waals surface area contributed by atoms with E-state index >= 15 is 0 Å². The molecule has 0 bridgehead atoms. The van der Waals surface area contributed by atoms with Crippen LogP contribution in [0.1, 0.15) is 25.0 Å². The van der Waals surface area contributed by atoms with Crippen LogP contribution in [0.4, 0.5) is 4.39 Å². The Morgan fingerprint density at radius 2 is 2.11 bits per heavy atom. The monoisotopic (exact) mass is 507 g/mol. The van der Waals surface area contributed by atoms with Crippen molar-refractivity contribution >= 4 is 11.6 Å². The molecule has 0 saturated carbocycles. The molecule has 194 valence electrons. The maximum absolute atomic E-state index is 14.0. The number of pyridine rings is 1. The number of aromatic nitrogens is 4. The standard InChI is InChI=1S/C26H30FN7O3/c27-20-3-4-23-29-16-22(34(23)18-20)26-30-21(14-19-2-1-7-33(17-19)25(35)5-6-28)15-24(31-26)37-13-10-32-8-11-36-12-9-32/h3-4,15-16,18-19H,1-2,5,7-14,17H2/t19-/m0/s1. The molecule has 0 radical (unpaired) electrons. The van der Waals surface area contributed by atoms with Crippen LogP contribution in [0.5, 0.6) is 5.88 Å². The second-order valence-corrected chi connectivity index (χ2v) is 9.43. The number of ether oxygens (including phenoxy) is 2. The van der Waals surface area contributed by atoms with Crippen LogP contribution in [-0.4, -0.2) is 87.6 Å². The highest BCUT2D eigenvalue weighted by Gasteiger charge is 2.25. The van der Waals surface area contributed by atoms with Crippen LogP contribution in [0.2, 0.25) is 0 Å². The minimum Gasteiger partial charge on any atom is -0.476 e. The smallest absolute Gasteiger partial charge is 0.236 e. The molecular formula is C26H30FN7O3. The molecule has 2 saturated heterocycles. The van der Waals surface area contributed by atoms with Gasteiger partial charge in [-0.3, -0.25) is 14.1 Å². The molecule has 0 aromatic carbocycles. The molecule has 0 aliphatic carbocycles. The summed E-state index contributed by atoms with van der Waals surface area (Å²) in [6.45, 7) is 5.70. The van der Waals surface area contributed by atoms with E-state index in [2.05, 4.69) is 14.9 Å². The molecule has 2 aliphatic rings. The predicted molar refractivity (Wildman–Crippen MR) is 132 cm³/mol. The van der Waals surface area contributed by atoms with Gasteiger partial charge >= 0.3 is 0 Å². The van der Waals surface area contributed by atoms with Crippen molar-refractivity contribution in [2.45, 2.75) is 25.7 Å². The minimum atomic E-state index is -0.380. The molecule has 0 unspecified atom stereocenters. The lowest BCUT2D eigenvalue weighted by Gasteiger charge is -2.32. The molecule has 1 amide bonds. The van der Waals surface area contributed by atoms with Gasteiger partial charge in [-0.2, -0.15) is 10.2 Å². The highest BCUT2D eigenvalue weighted by molar-refractivity contribution is 5.78. The Balaban J connectivity index is 1.38. The van der Waals surface area contributed by atoms with E-state index in [9.17, 15) is 9.18 Å². The summed E-state index contributed by atoms with van der Waals surface area (Å²) in [5, 5.41) is 8.90. The van der Waals surface area contributed by atoms with Crippen molar-refractivity contribution in [2.24, 2.45) is 5.92 Å². The molecule has 2 aliphatic heterocycles. The van der Waals surface area contributed by atoms with Crippen molar-refractivity contribution in [2.75, 3.05) is 52.5 Å². The van der Waals surface area contributed by atoms with Gasteiger partial charge in [-0.1, -0.05) is 0 Å². The first-order valence-electron chi connectivity index (χ1n) is 12.7. The number of morpholine rings is 1. The Morgan fingerprint density at radius 1 is 1.24 bits per heavy atom. The van der Waals surface area contributed by atoms with Gasteiger partial charge in [0.2, 0.25) is 11.8 Å². The summed E-state index contributed by atoms with van der Waals surface area (Å²) >= 11 is 0. The number of nitriles is 1. The third-order valence-electron chi connectivity index (χ3n) is 6.82. The molecule has 37 heavy (non-hydrogen) atoms. The fourth-order valence-electron chi connectivity index (χ4n) is 4.92. The van der Waals surface area contributed by atoms with Crippen molar-refractivity contribution in [3.8, 4) is 23.5 Å². The summed E-state index contributed by atoms with van der Waals surface area (Å²) in [6.07, 6.45) is 5.38. The number of nitrogens with zero attached hydrogens (tertiary/aromatic N) is 7. The van der Waals surface area contributed by atoms with Crippen LogP contribution < -0.4 is 4.74 Å². The Hall–Kier alpha value is -3.62. The summed E-state index contributed by atoms with van der Waals surface area (Å²) in [7, 11) is 0. The molecule has 0 N–H and O–H groups in total. The summed E-state index contributed by atoms with van der Waals surface area (Å²) in [6, 6.07) is 6.77. The van der Waals surface area contributed by atoms with Gasteiger partial charge < -0.3 is 14.4 Å². The van der Waals surface area contributed by atoms with Gasteiger partial charge in [0.05, 0.1) is 25.5 Å². The van der Waals surface area contributed by atoms with Crippen LogP contribution in [0.3, 0.4) is 0 Å². The normalized spacial score (nSPS) is 18.6. The number of fused-ring (bicyclic) bond motifs is 1. The van der Waals surface area contributed by atoms with Gasteiger partial charge in [0, 0.05) is 50.7 Å². The topological polar surface area (TPSA) is 109 Å². The highest BCUT2D eigenvalue weighted by Crippen LogP contribution is 2.25. The van der Waals surface area contributed by atoms with Crippen molar-refractivity contribution in [3.63, 3.8) is 0 Å². The number of likely N-dealkylation sites (tertiary alicyclic amines) is 1. The quantitative estimate of drug-likeness (QED) is 0.457. The number of hydrogen-bond donors (Lipinski definition) is 0. The molecule has 0 spiro atoms. The highest BCUT2D eigenvalue weighted by atomic mass is 19.1. The molecule has 5 heterocycles. The summed E-state index contributed by atoms with van der Waals surface area (Å²) in [5.41, 5.74) is 1.96. The lowest BCUT2D eigenvalue weighted by atomic mass is 9.93. The van der Waals surface area contributed by atoms with Gasteiger partial charge in [-0.05, 0) is 37.3 Å². The first kappa shape index (κ1) is 25.0. The van der Waals surface area contributed by atoms with Crippen LogP contribution in [-0.2, 0) is 16.0 Å². The average molecular weight is 508 g/mol. The molecule has 1 atom stereocenters. The number of piperidine rings is 1. The van der Waals surface area contributed by atoms with E-state index < -0.39 is 0 Å². The summed E-state index contributed by atoms with van der Waals surface area (Å²) in [5.74, 6) is 0.558. The number of carbonyl (C=O) groups excluding carboxylic acids is 1. The zero-order valence-electron chi connectivity index (χ0n) is 20.7. The number of imidazole rings is 1. The Bertz CT molecular complexity index is 1280. The van der Waals surface area contributed by atoms with Crippen molar-refractivity contribution < 1.29 is 18.7 Å². The molecule has 10 nitrogen and oxygen atoms in total. The Morgan fingerprint density at radius 3 is 2.95 bits per heavy atom. The van der Waals surface area contributed by atoms with E-state index in [0.717, 1.165) is 51.4 Å². The number of amides is 1. The van der Waals surface area contributed by atoms with Gasteiger partial charge in [-0.15, -0.1) is 0 Å². The van der Waals surface area contributed by atoms with Crippen molar-refractivity contribution in [3.05, 3.63) is 42.1 Å². The lowest BCUT2D eigenvalue weighted by Crippen LogP contribution is -2.40. The zero-order chi connectivity index (χ0) is 25.6. The van der Waals surface area contributed by atoms with E-state index in [1.165, 1.54) is 12.3 Å². The zero-order valence-corrected chi connectivity index (χ0v) is 20.7. The third kappa shape index (κ3) is 6.21. The summed E-state index contributed by atoms with van der Waals surface area (Å²) in [4.78, 5) is 30.1. The second-order valence-electron chi connectivity index (χ2n) is 9.43. The second kappa shape index (κ2) is 11.6. The first-order valence-corrected chi connectivity index (χ1v) is 12.7. The third-order valence-corrected chi connectivity index (χ3v) is 6.82. The molecule has 5 rings (SSSR count). The van der Waals surface area contributed by atoms with Gasteiger partial charge in [-0.25, -0.2) is 14.4 Å². The maximum atomic E-state index is 14.0. The number of hydrogen-bond acceptors (Lipinski definition) is 8. The van der Waals surface area contributed by atoms with Crippen LogP contribution in [0.15, 0.2) is 30.6 Å². The van der Waals surface area contributed by atoms with Crippen molar-refractivity contribution in [1.29, 1.82) is 5.26 Å². The molecular weight excluding hydrogens is 477 g/mol. The number of carbonyl (C=O) groups is 1. The number of halogens is 1. The van der Waals surface area contributed by atoms with Crippen LogP contribution >= 0.6 is 0 Å². The predicted octanol–water partition coefficient (Wildman–Crippen LogP) is 2.34. The van der Waals surface area contributed by atoms with E-state index in [-0.39, 0.29) is 24.1 Å². The molecule has 3 aromatic heterocycles. The largest absolute Gasteiger partial charge is 0.476 e. The Kier molecular flexibility index (Phi) is 7.87. The number of rotatable bonds is 8. The molecule has 11 heteroatoms. The van der Waals surface area contributed by atoms with Gasteiger partial charge in [0.25, 0.3) is 0 Å². The fourth-order valence-corrected chi connectivity index (χ4v) is 4.92. The van der Waals surface area contributed by atoms with E-state index in [4.69, 9.17) is 19.7 Å². The molecule has 2 fully saturated rings. The molecule has 3 aromatic rings. The SMILES string of the molecule is N#CCC(=O)N1CCC[C@@H](Cc2cc(OCCN3CCOCC3)nc(-c3cnc4ccc(F)cn34)n2)C1. The maximum Gasteiger partial charge on any atom is 0.236 e.